The molecule has 1 aliphatic rings. The van der Waals surface area contributed by atoms with Gasteiger partial charge in [-0.2, -0.15) is 0 Å². The van der Waals surface area contributed by atoms with Gasteiger partial charge in [-0.05, 0) is 43.3 Å². The highest BCUT2D eigenvalue weighted by Gasteiger charge is 2.24. The summed E-state index contributed by atoms with van der Waals surface area (Å²) in [4.78, 5) is 4.23. The fourth-order valence-corrected chi connectivity index (χ4v) is 3.84. The summed E-state index contributed by atoms with van der Waals surface area (Å²) in [5.41, 5.74) is 1.26. The molecule has 0 saturated heterocycles. The van der Waals surface area contributed by atoms with Crippen molar-refractivity contribution in [3.63, 3.8) is 0 Å². The number of nitrogens with zero attached hydrogens (tertiary/aromatic N) is 1. The first-order valence-electron chi connectivity index (χ1n) is 9.80. The van der Waals surface area contributed by atoms with Gasteiger partial charge in [-0.25, -0.2) is 17.8 Å². The molecule has 0 amide bonds. The predicted molar refractivity (Wildman–Crippen MR) is 117 cm³/mol. The van der Waals surface area contributed by atoms with E-state index in [1.165, 1.54) is 18.2 Å². The van der Waals surface area contributed by atoms with Gasteiger partial charge in [0.2, 0.25) is 0 Å². The lowest BCUT2D eigenvalue weighted by Gasteiger charge is -2.18. The molecule has 32 heavy (non-hydrogen) atoms. The lowest BCUT2D eigenvalue weighted by Crippen LogP contribution is -2.17. The zero-order valence-electron chi connectivity index (χ0n) is 17.4. The zero-order valence-corrected chi connectivity index (χ0v) is 18.2. The maximum Gasteiger partial charge on any atom is 0.175 e. The van der Waals surface area contributed by atoms with Gasteiger partial charge >= 0.3 is 0 Å². The third kappa shape index (κ3) is 4.92. The standard InChI is InChI=1S/C22H22FN3O5S/c1-13(12-27)30-17-7-14(21-25-20-9-15(23)11-24-22(20)26-21)8-18(10-17)31-16-3-5-19(6-4-16)32(2,28)29/h3-11,13,21,25,27H,12H2,1-2H3,(H,24,26). The minimum absolute atomic E-state index is 0.165. The van der Waals surface area contributed by atoms with Crippen molar-refractivity contribution in [1.82, 2.24) is 4.98 Å². The molecule has 2 heterocycles. The van der Waals surface area contributed by atoms with Crippen molar-refractivity contribution >= 4 is 21.3 Å². The van der Waals surface area contributed by atoms with E-state index in [-0.39, 0.29) is 11.5 Å². The summed E-state index contributed by atoms with van der Waals surface area (Å²) in [5.74, 6) is 1.41. The van der Waals surface area contributed by atoms with Crippen LogP contribution in [0.5, 0.6) is 17.2 Å². The van der Waals surface area contributed by atoms with Gasteiger partial charge in [0, 0.05) is 24.0 Å². The van der Waals surface area contributed by atoms with Gasteiger partial charge in [-0.3, -0.25) is 0 Å². The van der Waals surface area contributed by atoms with E-state index in [2.05, 4.69) is 15.6 Å². The van der Waals surface area contributed by atoms with Crippen molar-refractivity contribution in [3.8, 4) is 17.2 Å². The van der Waals surface area contributed by atoms with Crippen molar-refractivity contribution in [2.24, 2.45) is 0 Å². The Bertz CT molecular complexity index is 1230. The molecule has 2 unspecified atom stereocenters. The van der Waals surface area contributed by atoms with Crippen LogP contribution >= 0.6 is 0 Å². The number of fused-ring (bicyclic) bond motifs is 1. The van der Waals surface area contributed by atoms with E-state index in [4.69, 9.17) is 9.47 Å². The molecule has 3 N–H and O–H groups in total. The number of aliphatic hydroxyl groups is 1. The molecular weight excluding hydrogens is 437 g/mol. The van der Waals surface area contributed by atoms with Crippen LogP contribution in [0.15, 0.2) is 59.6 Å². The molecule has 0 radical (unpaired) electrons. The Hall–Kier alpha value is -3.37. The largest absolute Gasteiger partial charge is 0.488 e. The molecular formula is C22H22FN3O5S. The van der Waals surface area contributed by atoms with E-state index in [0.717, 1.165) is 18.0 Å². The molecule has 0 fully saturated rings. The number of pyridine rings is 1. The second-order valence-electron chi connectivity index (χ2n) is 7.47. The number of aromatic nitrogens is 1. The molecule has 168 valence electrons. The van der Waals surface area contributed by atoms with E-state index in [1.54, 1.807) is 37.3 Å². The number of sulfone groups is 1. The first-order valence-corrected chi connectivity index (χ1v) is 11.7. The Morgan fingerprint density at radius 1 is 1.09 bits per heavy atom. The zero-order chi connectivity index (χ0) is 22.9. The van der Waals surface area contributed by atoms with Crippen LogP contribution in [-0.2, 0) is 9.84 Å². The fourth-order valence-electron chi connectivity index (χ4n) is 3.21. The Morgan fingerprint density at radius 2 is 1.81 bits per heavy atom. The minimum atomic E-state index is -3.31. The third-order valence-corrected chi connectivity index (χ3v) is 5.88. The smallest absolute Gasteiger partial charge is 0.175 e. The first kappa shape index (κ1) is 21.8. The molecule has 0 saturated carbocycles. The van der Waals surface area contributed by atoms with Gasteiger partial charge < -0.3 is 25.2 Å². The van der Waals surface area contributed by atoms with Crippen LogP contribution in [0.4, 0.5) is 15.9 Å². The number of aliphatic hydroxyl groups excluding tert-OH is 1. The summed E-state index contributed by atoms with van der Waals surface area (Å²) in [5, 5.41) is 15.7. The van der Waals surface area contributed by atoms with Crippen molar-refractivity contribution in [1.29, 1.82) is 0 Å². The topological polar surface area (TPSA) is 110 Å². The first-order chi connectivity index (χ1) is 15.2. The highest BCUT2D eigenvalue weighted by Crippen LogP contribution is 2.37. The molecule has 2 atom stereocenters. The minimum Gasteiger partial charge on any atom is -0.488 e. The maximum absolute atomic E-state index is 13.5. The van der Waals surface area contributed by atoms with Crippen LogP contribution in [0.3, 0.4) is 0 Å². The Morgan fingerprint density at radius 3 is 2.50 bits per heavy atom. The molecule has 8 nitrogen and oxygen atoms in total. The van der Waals surface area contributed by atoms with Gasteiger partial charge in [0.05, 0.1) is 23.4 Å². The lowest BCUT2D eigenvalue weighted by atomic mass is 10.1. The maximum atomic E-state index is 13.5. The number of rotatable bonds is 7. The van der Waals surface area contributed by atoms with Crippen LogP contribution in [0, 0.1) is 5.82 Å². The third-order valence-electron chi connectivity index (χ3n) is 4.75. The quantitative estimate of drug-likeness (QED) is 0.491. The van der Waals surface area contributed by atoms with Crippen LogP contribution in [0.25, 0.3) is 0 Å². The molecule has 1 aromatic heterocycles. The highest BCUT2D eigenvalue weighted by molar-refractivity contribution is 7.90. The average molecular weight is 459 g/mol. The van der Waals surface area contributed by atoms with Gasteiger partial charge in [-0.15, -0.1) is 0 Å². The summed E-state index contributed by atoms with van der Waals surface area (Å²) >= 11 is 0. The van der Waals surface area contributed by atoms with E-state index < -0.39 is 27.9 Å². The van der Waals surface area contributed by atoms with E-state index in [1.807, 2.05) is 0 Å². The molecule has 4 rings (SSSR count). The summed E-state index contributed by atoms with van der Waals surface area (Å²) in [7, 11) is -3.31. The van der Waals surface area contributed by atoms with Crippen LogP contribution in [-0.4, -0.2) is 37.5 Å². The molecule has 0 aliphatic carbocycles. The van der Waals surface area contributed by atoms with Crippen molar-refractivity contribution in [2.75, 3.05) is 23.5 Å². The van der Waals surface area contributed by atoms with Crippen molar-refractivity contribution in [2.45, 2.75) is 24.1 Å². The van der Waals surface area contributed by atoms with Gasteiger partial charge in [0.1, 0.15) is 35.3 Å². The Kier molecular flexibility index (Phi) is 5.90. The molecule has 0 bridgehead atoms. The monoisotopic (exact) mass is 459 g/mol. The summed E-state index contributed by atoms with van der Waals surface area (Å²) in [6.45, 7) is 1.56. The molecule has 0 spiro atoms. The van der Waals surface area contributed by atoms with Crippen LogP contribution in [0.1, 0.15) is 18.7 Å². The van der Waals surface area contributed by atoms with E-state index >= 15 is 0 Å². The summed E-state index contributed by atoms with van der Waals surface area (Å²) < 4.78 is 48.5. The normalized spacial score (nSPS) is 15.9. The van der Waals surface area contributed by atoms with Crippen molar-refractivity contribution in [3.05, 3.63) is 66.1 Å². The predicted octanol–water partition coefficient (Wildman–Crippen LogP) is 3.71. The second kappa shape index (κ2) is 8.64. The average Bonchev–Trinajstić information content (AvgIpc) is 3.16. The van der Waals surface area contributed by atoms with Gasteiger partial charge in [0.25, 0.3) is 0 Å². The molecule has 10 heteroatoms. The van der Waals surface area contributed by atoms with Gasteiger partial charge in [0.15, 0.2) is 15.7 Å². The summed E-state index contributed by atoms with van der Waals surface area (Å²) in [6, 6.07) is 12.6. The number of halogens is 1. The van der Waals surface area contributed by atoms with Crippen molar-refractivity contribution < 1.29 is 27.4 Å². The second-order valence-corrected chi connectivity index (χ2v) is 9.48. The number of benzene rings is 2. The van der Waals surface area contributed by atoms with Gasteiger partial charge in [-0.1, -0.05) is 0 Å². The Labute approximate surface area is 184 Å². The molecule has 1 aliphatic heterocycles. The number of nitrogens with one attached hydrogen (secondary N) is 2. The fraction of sp³-hybridized carbons (Fsp3) is 0.227. The molecule has 3 aromatic rings. The van der Waals surface area contributed by atoms with E-state index in [9.17, 15) is 17.9 Å². The number of hydrogen-bond acceptors (Lipinski definition) is 8. The highest BCUT2D eigenvalue weighted by atomic mass is 32.2. The number of anilines is 2. The SMILES string of the molecule is CC(CO)Oc1cc(Oc2ccc(S(C)(=O)=O)cc2)cc(C2Nc3cc(F)cnc3N2)c1. The number of hydrogen-bond donors (Lipinski definition) is 3. The van der Waals surface area contributed by atoms with Crippen LogP contribution in [0.2, 0.25) is 0 Å². The lowest BCUT2D eigenvalue weighted by molar-refractivity contribution is 0.129. The molecule has 2 aromatic carbocycles. The number of ether oxygens (including phenoxy) is 2. The Balaban J connectivity index is 1.63. The van der Waals surface area contributed by atoms with Crippen LogP contribution < -0.4 is 20.1 Å². The van der Waals surface area contributed by atoms with E-state index in [0.29, 0.717) is 28.8 Å². The summed E-state index contributed by atoms with van der Waals surface area (Å²) in [6.07, 6.45) is 1.41.